The van der Waals surface area contributed by atoms with E-state index >= 15 is 0 Å². The summed E-state index contributed by atoms with van der Waals surface area (Å²) in [4.78, 5) is 15.0. The largest absolute Gasteiger partial charge is 0.493 e. The zero-order chi connectivity index (χ0) is 21.1. The van der Waals surface area contributed by atoms with E-state index < -0.39 is 12.8 Å². The molecule has 1 N–H and O–H groups in total. The third kappa shape index (κ3) is 3.78. The molecular weight excluding hydrogens is 390 g/mol. The fraction of sp³-hybridized carbons (Fsp3) is 0.174. The van der Waals surface area contributed by atoms with Crippen molar-refractivity contribution >= 4 is 11.6 Å². The fourth-order valence-electron chi connectivity index (χ4n) is 3.61. The molecule has 1 amide bonds. The Kier molecular flexibility index (Phi) is 5.52. The minimum Gasteiger partial charge on any atom is -0.493 e. The SMILES string of the molecule is COc1cccc([C@@H]2Nc3ccccc3C(=O)N2Cc2ccccc2)c1OC(F)F. The molecule has 1 aliphatic rings. The minimum atomic E-state index is -3.03. The molecule has 0 aromatic heterocycles. The summed E-state index contributed by atoms with van der Waals surface area (Å²) >= 11 is 0. The van der Waals surface area contributed by atoms with Crippen LogP contribution in [0.5, 0.6) is 11.5 Å². The topological polar surface area (TPSA) is 50.8 Å². The van der Waals surface area contributed by atoms with E-state index in [1.165, 1.54) is 7.11 Å². The van der Waals surface area contributed by atoms with Crippen LogP contribution in [-0.2, 0) is 6.54 Å². The van der Waals surface area contributed by atoms with Crippen molar-refractivity contribution in [1.29, 1.82) is 0 Å². The van der Waals surface area contributed by atoms with Crippen molar-refractivity contribution in [3.05, 3.63) is 89.5 Å². The molecule has 0 aliphatic carbocycles. The van der Waals surface area contributed by atoms with E-state index in [1.54, 1.807) is 41.3 Å². The number of carbonyl (C=O) groups is 1. The van der Waals surface area contributed by atoms with E-state index in [2.05, 4.69) is 5.32 Å². The first-order valence-electron chi connectivity index (χ1n) is 9.40. The fourth-order valence-corrected chi connectivity index (χ4v) is 3.61. The Labute approximate surface area is 172 Å². The van der Waals surface area contributed by atoms with Gasteiger partial charge in [0.1, 0.15) is 6.17 Å². The van der Waals surface area contributed by atoms with E-state index in [0.717, 1.165) is 5.56 Å². The number of carbonyl (C=O) groups excluding carboxylic acids is 1. The van der Waals surface area contributed by atoms with Gasteiger partial charge in [-0.1, -0.05) is 54.6 Å². The first-order valence-corrected chi connectivity index (χ1v) is 9.40. The normalized spacial score (nSPS) is 15.5. The monoisotopic (exact) mass is 410 g/mol. The van der Waals surface area contributed by atoms with Gasteiger partial charge in [-0.2, -0.15) is 8.78 Å². The summed E-state index contributed by atoms with van der Waals surface area (Å²) in [5.74, 6) is -0.137. The minimum absolute atomic E-state index is 0.0993. The standard InChI is InChI=1S/C23H20F2N2O3/c1-29-19-13-7-11-17(20(19)30-23(24)25)21-26-18-12-6-5-10-16(18)22(28)27(21)14-15-8-3-2-4-9-15/h2-13,21,23,26H,14H2,1H3/t21-/m1/s1. The molecule has 1 aliphatic heterocycles. The lowest BCUT2D eigenvalue weighted by atomic mass is 10.0. The van der Waals surface area contributed by atoms with Gasteiger partial charge in [-0.3, -0.25) is 4.79 Å². The highest BCUT2D eigenvalue weighted by Crippen LogP contribution is 2.42. The Hall–Kier alpha value is -3.61. The summed E-state index contributed by atoms with van der Waals surface area (Å²) in [5, 5.41) is 3.30. The van der Waals surface area contributed by atoms with Crippen LogP contribution in [0.3, 0.4) is 0 Å². The third-order valence-corrected chi connectivity index (χ3v) is 4.95. The number of benzene rings is 3. The molecule has 0 radical (unpaired) electrons. The molecule has 0 spiro atoms. The number of amides is 1. The Morgan fingerprint density at radius 1 is 1.00 bits per heavy atom. The van der Waals surface area contributed by atoms with Gasteiger partial charge in [-0.25, -0.2) is 0 Å². The summed E-state index contributed by atoms with van der Waals surface area (Å²) in [6.07, 6.45) is -0.726. The predicted octanol–water partition coefficient (Wildman–Crippen LogP) is 5.06. The van der Waals surface area contributed by atoms with Gasteiger partial charge in [0.25, 0.3) is 5.91 Å². The molecule has 154 valence electrons. The molecule has 0 saturated carbocycles. The summed E-state index contributed by atoms with van der Waals surface area (Å²) in [5.41, 5.74) is 2.44. The molecule has 0 unspecified atom stereocenters. The maximum absolute atomic E-state index is 13.4. The van der Waals surface area contributed by atoms with Crippen LogP contribution in [-0.4, -0.2) is 24.5 Å². The van der Waals surface area contributed by atoms with E-state index in [1.807, 2.05) is 36.4 Å². The van der Waals surface area contributed by atoms with Crippen LogP contribution in [0.4, 0.5) is 14.5 Å². The maximum atomic E-state index is 13.4. The summed E-state index contributed by atoms with van der Waals surface area (Å²) in [7, 11) is 1.38. The Balaban J connectivity index is 1.83. The highest BCUT2D eigenvalue weighted by atomic mass is 19.3. The van der Waals surface area contributed by atoms with Crippen molar-refractivity contribution in [1.82, 2.24) is 4.90 Å². The molecule has 3 aromatic rings. The number of rotatable bonds is 6. The molecule has 1 heterocycles. The number of hydrogen-bond donors (Lipinski definition) is 1. The van der Waals surface area contributed by atoms with Crippen LogP contribution < -0.4 is 14.8 Å². The van der Waals surface area contributed by atoms with Crippen LogP contribution in [0.25, 0.3) is 0 Å². The number of anilines is 1. The highest BCUT2D eigenvalue weighted by molar-refractivity contribution is 6.01. The highest BCUT2D eigenvalue weighted by Gasteiger charge is 2.35. The number of nitrogens with one attached hydrogen (secondary N) is 1. The lowest BCUT2D eigenvalue weighted by Gasteiger charge is -2.39. The predicted molar refractivity (Wildman–Crippen MR) is 109 cm³/mol. The Morgan fingerprint density at radius 3 is 2.47 bits per heavy atom. The average Bonchev–Trinajstić information content (AvgIpc) is 2.76. The van der Waals surface area contributed by atoms with Crippen molar-refractivity contribution in [2.75, 3.05) is 12.4 Å². The van der Waals surface area contributed by atoms with E-state index in [4.69, 9.17) is 9.47 Å². The molecule has 5 nitrogen and oxygen atoms in total. The molecule has 4 rings (SSSR count). The zero-order valence-corrected chi connectivity index (χ0v) is 16.2. The summed E-state index contributed by atoms with van der Waals surface area (Å²) in [6.45, 7) is -2.74. The van der Waals surface area contributed by atoms with E-state index in [9.17, 15) is 13.6 Å². The van der Waals surface area contributed by atoms with Gasteiger partial charge in [-0.05, 0) is 23.8 Å². The van der Waals surface area contributed by atoms with Gasteiger partial charge in [0.05, 0.1) is 12.7 Å². The number of methoxy groups -OCH3 is 1. The number of fused-ring (bicyclic) bond motifs is 1. The second-order valence-electron chi connectivity index (χ2n) is 6.77. The first-order chi connectivity index (χ1) is 14.6. The van der Waals surface area contributed by atoms with Crippen molar-refractivity contribution in [3.63, 3.8) is 0 Å². The van der Waals surface area contributed by atoms with Gasteiger partial charge in [0, 0.05) is 17.8 Å². The van der Waals surface area contributed by atoms with Crippen molar-refractivity contribution < 1.29 is 23.0 Å². The van der Waals surface area contributed by atoms with Gasteiger partial charge < -0.3 is 19.7 Å². The molecular formula is C23H20F2N2O3. The van der Waals surface area contributed by atoms with Crippen LogP contribution in [0.15, 0.2) is 72.8 Å². The number of ether oxygens (including phenoxy) is 2. The summed E-state index contributed by atoms with van der Waals surface area (Å²) < 4.78 is 36.4. The first kappa shape index (κ1) is 19.7. The number of hydrogen-bond acceptors (Lipinski definition) is 4. The molecule has 30 heavy (non-hydrogen) atoms. The number of alkyl halides is 2. The number of para-hydroxylation sites is 2. The number of halogens is 2. The summed E-state index contributed by atoms with van der Waals surface area (Å²) in [6, 6.07) is 21.5. The van der Waals surface area contributed by atoms with E-state index in [-0.39, 0.29) is 24.0 Å². The van der Waals surface area contributed by atoms with Gasteiger partial charge in [0.2, 0.25) is 0 Å². The molecule has 7 heteroatoms. The second kappa shape index (κ2) is 8.41. The van der Waals surface area contributed by atoms with Gasteiger partial charge in [0.15, 0.2) is 11.5 Å². The van der Waals surface area contributed by atoms with E-state index in [0.29, 0.717) is 16.8 Å². The molecule has 1 atom stereocenters. The van der Waals surface area contributed by atoms with Crippen LogP contribution in [0, 0.1) is 0 Å². The smallest absolute Gasteiger partial charge is 0.387 e. The Morgan fingerprint density at radius 2 is 1.73 bits per heavy atom. The van der Waals surface area contributed by atoms with Gasteiger partial charge >= 0.3 is 6.61 Å². The number of nitrogens with zero attached hydrogens (tertiary/aromatic N) is 1. The van der Waals surface area contributed by atoms with Crippen molar-refractivity contribution in [2.24, 2.45) is 0 Å². The maximum Gasteiger partial charge on any atom is 0.387 e. The Bertz CT molecular complexity index is 1040. The van der Waals surface area contributed by atoms with Crippen LogP contribution in [0.1, 0.15) is 27.7 Å². The van der Waals surface area contributed by atoms with Crippen LogP contribution >= 0.6 is 0 Å². The zero-order valence-electron chi connectivity index (χ0n) is 16.2. The molecule has 0 saturated heterocycles. The molecule has 3 aromatic carbocycles. The molecule has 0 bridgehead atoms. The third-order valence-electron chi connectivity index (χ3n) is 4.95. The van der Waals surface area contributed by atoms with Crippen molar-refractivity contribution in [3.8, 4) is 11.5 Å². The lowest BCUT2D eigenvalue weighted by Crippen LogP contribution is -2.42. The lowest BCUT2D eigenvalue weighted by molar-refractivity contribution is -0.0523. The molecule has 0 fully saturated rings. The quantitative estimate of drug-likeness (QED) is 0.617. The van der Waals surface area contributed by atoms with Gasteiger partial charge in [-0.15, -0.1) is 0 Å². The average molecular weight is 410 g/mol. The van der Waals surface area contributed by atoms with Crippen molar-refractivity contribution in [2.45, 2.75) is 19.3 Å². The second-order valence-corrected chi connectivity index (χ2v) is 6.77. The van der Waals surface area contributed by atoms with Crippen LogP contribution in [0.2, 0.25) is 0 Å².